The molecule has 4 rings (SSSR count). The van der Waals surface area contributed by atoms with Crippen molar-refractivity contribution in [2.45, 2.75) is 11.7 Å². The Morgan fingerprint density at radius 3 is 2.87 bits per heavy atom. The van der Waals surface area contributed by atoms with E-state index in [1.807, 2.05) is 30.4 Å². The van der Waals surface area contributed by atoms with E-state index in [0.717, 1.165) is 0 Å². The number of anilines is 1. The number of amides is 1. The van der Waals surface area contributed by atoms with Gasteiger partial charge in [0.2, 0.25) is 5.91 Å². The number of esters is 1. The third-order valence-corrected chi connectivity index (χ3v) is 4.95. The molecule has 3 aliphatic heterocycles. The van der Waals surface area contributed by atoms with E-state index in [1.165, 1.54) is 7.11 Å². The molecular weight excluding hydrogens is 298 g/mol. The lowest BCUT2D eigenvalue weighted by Crippen LogP contribution is -2.39. The number of ether oxygens (including phenoxy) is 3. The highest BCUT2D eigenvalue weighted by Crippen LogP contribution is 2.53. The zero-order chi connectivity index (χ0) is 16.2. The molecule has 2 bridgehead atoms. The van der Waals surface area contributed by atoms with Crippen LogP contribution in [0.15, 0.2) is 36.4 Å². The molecule has 3 heterocycles. The van der Waals surface area contributed by atoms with Crippen molar-refractivity contribution in [3.05, 3.63) is 36.4 Å². The number of rotatable bonds is 3. The summed E-state index contributed by atoms with van der Waals surface area (Å²) in [6, 6.07) is 7.34. The molecule has 2 saturated heterocycles. The maximum Gasteiger partial charge on any atom is 0.312 e. The van der Waals surface area contributed by atoms with Crippen LogP contribution in [-0.2, 0) is 19.1 Å². The van der Waals surface area contributed by atoms with Crippen LogP contribution in [0, 0.1) is 11.8 Å². The van der Waals surface area contributed by atoms with Crippen LogP contribution in [0.4, 0.5) is 5.69 Å². The topological polar surface area (TPSA) is 65.1 Å². The predicted molar refractivity (Wildman–Crippen MR) is 81.1 cm³/mol. The van der Waals surface area contributed by atoms with Crippen molar-refractivity contribution in [2.24, 2.45) is 11.8 Å². The van der Waals surface area contributed by atoms with Crippen molar-refractivity contribution in [3.8, 4) is 5.75 Å². The van der Waals surface area contributed by atoms with Gasteiger partial charge >= 0.3 is 5.97 Å². The lowest BCUT2D eigenvalue weighted by molar-refractivity contribution is -0.149. The number of carbonyl (C=O) groups excluding carboxylic acids is 2. The fourth-order valence-corrected chi connectivity index (χ4v) is 3.96. The van der Waals surface area contributed by atoms with Gasteiger partial charge in [0.25, 0.3) is 0 Å². The minimum absolute atomic E-state index is 0.128. The quantitative estimate of drug-likeness (QED) is 0.618. The van der Waals surface area contributed by atoms with Gasteiger partial charge in [0, 0.05) is 0 Å². The van der Waals surface area contributed by atoms with Crippen molar-refractivity contribution in [1.82, 2.24) is 0 Å². The van der Waals surface area contributed by atoms with E-state index in [9.17, 15) is 9.59 Å². The first kappa shape index (κ1) is 14.3. The number of para-hydroxylation sites is 2. The van der Waals surface area contributed by atoms with Crippen LogP contribution < -0.4 is 9.64 Å². The molecule has 4 atom stereocenters. The minimum Gasteiger partial charge on any atom is -0.495 e. The summed E-state index contributed by atoms with van der Waals surface area (Å²) in [5.74, 6) is -1.05. The van der Waals surface area contributed by atoms with Crippen LogP contribution in [-0.4, -0.2) is 44.3 Å². The highest BCUT2D eigenvalue weighted by Gasteiger charge is 2.67. The van der Waals surface area contributed by atoms with Crippen molar-refractivity contribution in [1.29, 1.82) is 0 Å². The van der Waals surface area contributed by atoms with Crippen LogP contribution in [0.2, 0.25) is 0 Å². The Bertz CT molecular complexity index is 715. The van der Waals surface area contributed by atoms with Gasteiger partial charge in [-0.05, 0) is 12.1 Å². The Morgan fingerprint density at radius 2 is 2.13 bits per heavy atom. The molecule has 2 fully saturated rings. The van der Waals surface area contributed by atoms with Gasteiger partial charge < -0.3 is 19.1 Å². The van der Waals surface area contributed by atoms with Crippen LogP contribution >= 0.6 is 0 Å². The van der Waals surface area contributed by atoms with Gasteiger partial charge in [0.15, 0.2) is 0 Å². The molecule has 0 saturated carbocycles. The van der Waals surface area contributed by atoms with Crippen molar-refractivity contribution in [3.63, 3.8) is 0 Å². The first-order chi connectivity index (χ1) is 11.1. The minimum atomic E-state index is -0.749. The van der Waals surface area contributed by atoms with Gasteiger partial charge in [-0.15, -0.1) is 0 Å². The smallest absolute Gasteiger partial charge is 0.312 e. The summed E-state index contributed by atoms with van der Waals surface area (Å²) < 4.78 is 16.2. The Kier molecular flexibility index (Phi) is 2.99. The van der Waals surface area contributed by atoms with E-state index in [4.69, 9.17) is 14.2 Å². The molecule has 120 valence electrons. The van der Waals surface area contributed by atoms with Gasteiger partial charge in [0.05, 0.1) is 38.5 Å². The summed E-state index contributed by atoms with van der Waals surface area (Å²) in [5.41, 5.74) is -0.0607. The molecule has 1 aromatic carbocycles. The summed E-state index contributed by atoms with van der Waals surface area (Å²) >= 11 is 0. The van der Waals surface area contributed by atoms with E-state index in [-0.39, 0.29) is 12.0 Å². The molecular formula is C17H17NO5. The molecule has 3 aliphatic rings. The second-order valence-electron chi connectivity index (χ2n) is 6.02. The average Bonchev–Trinajstić information content (AvgIpc) is 3.22. The second kappa shape index (κ2) is 4.83. The standard InChI is InChI=1S/C17H17NO5/c1-21-11-6-4-3-5-10(11)18-9-17-8-7-12(23-17)13(16(20)22-2)14(17)15(18)19/h3-8,12-14H,9H2,1-2H3/t12-,13+,14-,17+/m0/s1. The Labute approximate surface area is 133 Å². The average molecular weight is 315 g/mol. The molecule has 23 heavy (non-hydrogen) atoms. The molecule has 1 amide bonds. The van der Waals surface area contributed by atoms with Gasteiger partial charge in [-0.1, -0.05) is 24.3 Å². The van der Waals surface area contributed by atoms with E-state index >= 15 is 0 Å². The second-order valence-corrected chi connectivity index (χ2v) is 6.02. The Hall–Kier alpha value is -2.34. The van der Waals surface area contributed by atoms with E-state index < -0.39 is 23.4 Å². The normalized spacial score (nSPS) is 33.9. The third-order valence-electron chi connectivity index (χ3n) is 4.95. The molecule has 1 aromatic rings. The number of fused-ring (bicyclic) bond motifs is 1. The largest absolute Gasteiger partial charge is 0.495 e. The number of methoxy groups -OCH3 is 2. The Balaban J connectivity index is 1.75. The van der Waals surface area contributed by atoms with Crippen LogP contribution in [0.25, 0.3) is 0 Å². The summed E-state index contributed by atoms with van der Waals surface area (Å²) in [5, 5.41) is 0. The van der Waals surface area contributed by atoms with Gasteiger partial charge in [-0.2, -0.15) is 0 Å². The number of hydrogen-bond acceptors (Lipinski definition) is 5. The summed E-state index contributed by atoms with van der Waals surface area (Å²) in [7, 11) is 2.90. The van der Waals surface area contributed by atoms with Crippen molar-refractivity contribution >= 4 is 17.6 Å². The third kappa shape index (κ3) is 1.78. The van der Waals surface area contributed by atoms with Gasteiger partial charge in [-0.25, -0.2) is 0 Å². The number of hydrogen-bond donors (Lipinski definition) is 0. The lowest BCUT2D eigenvalue weighted by Gasteiger charge is -2.22. The molecule has 0 N–H and O–H groups in total. The van der Waals surface area contributed by atoms with Gasteiger partial charge in [-0.3, -0.25) is 9.59 Å². The number of benzene rings is 1. The molecule has 6 nitrogen and oxygen atoms in total. The summed E-state index contributed by atoms with van der Waals surface area (Å²) in [4.78, 5) is 26.8. The van der Waals surface area contributed by atoms with Crippen LogP contribution in [0.5, 0.6) is 5.75 Å². The zero-order valence-electron chi connectivity index (χ0n) is 12.9. The molecule has 0 radical (unpaired) electrons. The van der Waals surface area contributed by atoms with E-state index in [0.29, 0.717) is 18.0 Å². The fourth-order valence-electron chi connectivity index (χ4n) is 3.96. The summed E-state index contributed by atoms with van der Waals surface area (Å²) in [6.45, 7) is 0.372. The zero-order valence-corrected chi connectivity index (χ0v) is 12.9. The first-order valence-corrected chi connectivity index (χ1v) is 7.51. The summed E-state index contributed by atoms with van der Waals surface area (Å²) in [6.07, 6.45) is 3.39. The molecule has 0 unspecified atom stereocenters. The van der Waals surface area contributed by atoms with E-state index in [1.54, 1.807) is 18.1 Å². The van der Waals surface area contributed by atoms with Crippen molar-refractivity contribution < 1.29 is 23.8 Å². The fraction of sp³-hybridized carbons (Fsp3) is 0.412. The van der Waals surface area contributed by atoms with Gasteiger partial charge in [0.1, 0.15) is 17.3 Å². The lowest BCUT2D eigenvalue weighted by atomic mass is 9.77. The highest BCUT2D eigenvalue weighted by atomic mass is 16.5. The molecule has 6 heteroatoms. The molecule has 1 spiro atoms. The first-order valence-electron chi connectivity index (χ1n) is 7.51. The van der Waals surface area contributed by atoms with Crippen molar-refractivity contribution in [2.75, 3.05) is 25.7 Å². The van der Waals surface area contributed by atoms with E-state index in [2.05, 4.69) is 0 Å². The highest BCUT2D eigenvalue weighted by molar-refractivity contribution is 6.03. The molecule has 0 aromatic heterocycles. The number of nitrogens with zero attached hydrogens (tertiary/aromatic N) is 1. The molecule has 0 aliphatic carbocycles. The van der Waals surface area contributed by atoms with Crippen LogP contribution in [0.3, 0.4) is 0 Å². The Morgan fingerprint density at radius 1 is 1.35 bits per heavy atom. The number of carbonyl (C=O) groups is 2. The maximum absolute atomic E-state index is 13.0. The predicted octanol–water partition coefficient (Wildman–Crippen LogP) is 1.15. The maximum atomic E-state index is 13.0. The van der Waals surface area contributed by atoms with Crippen LogP contribution in [0.1, 0.15) is 0 Å². The monoisotopic (exact) mass is 315 g/mol. The SMILES string of the molecule is COC(=O)[C@@H]1[C@@H]2C=C[C@]3(CN(c4ccccc4OC)C(=O)[C@H]13)O2.